The first-order valence-electron chi connectivity index (χ1n) is 3.38. The smallest absolute Gasteiger partial charge is 0.330 e. The molecule has 0 bridgehead atoms. The van der Waals surface area contributed by atoms with Crippen LogP contribution in [-0.4, -0.2) is 46.7 Å². The number of aliphatic hydroxyl groups is 3. The van der Waals surface area contributed by atoms with E-state index >= 15 is 0 Å². The van der Waals surface area contributed by atoms with Gasteiger partial charge >= 0.3 is 5.97 Å². The normalized spacial score (nSPS) is 14.9. The Morgan fingerprint density at radius 2 is 2.08 bits per heavy atom. The van der Waals surface area contributed by atoms with Crippen LogP contribution in [0.2, 0.25) is 0 Å². The quantitative estimate of drug-likeness (QED) is 0.348. The van der Waals surface area contributed by atoms with Crippen molar-refractivity contribution in [3.63, 3.8) is 0 Å². The van der Waals surface area contributed by atoms with Gasteiger partial charge in [-0.25, -0.2) is 4.79 Å². The predicted octanol–water partition coefficient (Wildman–Crippen LogP) is -1.57. The maximum Gasteiger partial charge on any atom is 0.330 e. The van der Waals surface area contributed by atoms with Crippen molar-refractivity contribution < 1.29 is 24.9 Å². The number of rotatable bonds is 5. The summed E-state index contributed by atoms with van der Waals surface area (Å²) in [6.45, 7) is 2.20. The molecule has 0 amide bonds. The topological polar surface area (TPSA) is 87.0 Å². The number of ether oxygens (including phenoxy) is 1. The summed E-state index contributed by atoms with van der Waals surface area (Å²) in [6, 6.07) is 0. The minimum atomic E-state index is -1.29. The molecule has 12 heavy (non-hydrogen) atoms. The van der Waals surface area contributed by atoms with Crippen LogP contribution in [0.15, 0.2) is 12.7 Å². The molecule has 0 aliphatic carbocycles. The predicted molar refractivity (Wildman–Crippen MR) is 40.3 cm³/mol. The molecule has 0 aromatic carbocycles. The molecule has 0 fully saturated rings. The molecule has 0 spiro atoms. The van der Waals surface area contributed by atoms with Gasteiger partial charge in [-0.3, -0.25) is 0 Å². The van der Waals surface area contributed by atoms with Crippen LogP contribution in [0.1, 0.15) is 0 Å². The van der Waals surface area contributed by atoms with E-state index in [2.05, 4.69) is 11.3 Å². The molecule has 70 valence electrons. The molecule has 5 heteroatoms. The molecule has 0 unspecified atom stereocenters. The second-order valence-corrected chi connectivity index (χ2v) is 2.15. The molecule has 0 rings (SSSR count). The van der Waals surface area contributed by atoms with Crippen molar-refractivity contribution in [2.45, 2.75) is 12.2 Å². The first-order chi connectivity index (χ1) is 5.61. The van der Waals surface area contributed by atoms with Crippen LogP contribution in [0.25, 0.3) is 0 Å². The highest BCUT2D eigenvalue weighted by Crippen LogP contribution is 1.93. The van der Waals surface area contributed by atoms with Crippen LogP contribution in [0.5, 0.6) is 0 Å². The highest BCUT2D eigenvalue weighted by molar-refractivity contribution is 5.81. The van der Waals surface area contributed by atoms with E-state index in [1.165, 1.54) is 0 Å². The molecule has 0 saturated carbocycles. The average Bonchev–Trinajstić information content (AvgIpc) is 2.11. The summed E-state index contributed by atoms with van der Waals surface area (Å²) < 4.78 is 4.40. The van der Waals surface area contributed by atoms with Gasteiger partial charge in [0.1, 0.15) is 18.8 Å². The lowest BCUT2D eigenvalue weighted by molar-refractivity contribution is -0.143. The van der Waals surface area contributed by atoms with Crippen LogP contribution >= 0.6 is 0 Å². The standard InChI is InChI=1S/C7H12O5/c1-2-7(11)12-4-6(10)5(9)3-8/h2,5-6,8-10H,1,3-4H2/t5-,6+/m1/s1. The van der Waals surface area contributed by atoms with Crippen molar-refractivity contribution in [1.29, 1.82) is 0 Å². The Hall–Kier alpha value is -0.910. The Labute approximate surface area is 69.9 Å². The molecular formula is C7H12O5. The van der Waals surface area contributed by atoms with Crippen molar-refractivity contribution in [3.05, 3.63) is 12.7 Å². The monoisotopic (exact) mass is 176 g/mol. The molecule has 0 radical (unpaired) electrons. The second kappa shape index (κ2) is 5.70. The third-order valence-electron chi connectivity index (χ3n) is 1.19. The Morgan fingerprint density at radius 1 is 1.50 bits per heavy atom. The van der Waals surface area contributed by atoms with Crippen molar-refractivity contribution in [3.8, 4) is 0 Å². The third kappa shape index (κ3) is 4.07. The highest BCUT2D eigenvalue weighted by atomic mass is 16.5. The Balaban J connectivity index is 3.62. The van der Waals surface area contributed by atoms with Gasteiger partial charge in [-0.2, -0.15) is 0 Å². The summed E-state index contributed by atoms with van der Waals surface area (Å²) in [7, 11) is 0. The molecule has 3 N–H and O–H groups in total. The zero-order chi connectivity index (χ0) is 9.56. The lowest BCUT2D eigenvalue weighted by Gasteiger charge is -2.14. The number of aliphatic hydroxyl groups excluding tert-OH is 3. The Morgan fingerprint density at radius 3 is 2.50 bits per heavy atom. The third-order valence-corrected chi connectivity index (χ3v) is 1.19. The summed E-state index contributed by atoms with van der Waals surface area (Å²) in [4.78, 5) is 10.4. The van der Waals surface area contributed by atoms with Crippen molar-refractivity contribution in [2.75, 3.05) is 13.2 Å². The molecule has 0 aliphatic rings. The molecule has 0 saturated heterocycles. The van der Waals surface area contributed by atoms with Crippen LogP contribution < -0.4 is 0 Å². The lowest BCUT2D eigenvalue weighted by atomic mass is 10.2. The molecule has 0 heterocycles. The number of carbonyl (C=O) groups excluding carboxylic acids is 1. The van der Waals surface area contributed by atoms with E-state index in [-0.39, 0.29) is 6.61 Å². The van der Waals surface area contributed by atoms with Gasteiger partial charge in [-0.15, -0.1) is 0 Å². The van der Waals surface area contributed by atoms with E-state index in [1.54, 1.807) is 0 Å². The minimum Gasteiger partial charge on any atom is -0.460 e. The van der Waals surface area contributed by atoms with Gasteiger partial charge in [-0.05, 0) is 0 Å². The largest absolute Gasteiger partial charge is 0.460 e. The fraction of sp³-hybridized carbons (Fsp3) is 0.571. The fourth-order valence-electron chi connectivity index (χ4n) is 0.459. The fourth-order valence-corrected chi connectivity index (χ4v) is 0.459. The summed E-state index contributed by atoms with van der Waals surface area (Å²) in [5, 5.41) is 26.1. The summed E-state index contributed by atoms with van der Waals surface area (Å²) in [5.74, 6) is -0.681. The van der Waals surface area contributed by atoms with Gasteiger partial charge in [-0.1, -0.05) is 6.58 Å². The summed E-state index contributed by atoms with van der Waals surface area (Å²) in [5.41, 5.74) is 0. The van der Waals surface area contributed by atoms with E-state index in [9.17, 15) is 4.79 Å². The van der Waals surface area contributed by atoms with Crippen molar-refractivity contribution >= 4 is 5.97 Å². The van der Waals surface area contributed by atoms with Crippen LogP contribution in [-0.2, 0) is 9.53 Å². The van der Waals surface area contributed by atoms with Gasteiger partial charge in [0, 0.05) is 6.08 Å². The van der Waals surface area contributed by atoms with E-state index in [0.29, 0.717) is 0 Å². The van der Waals surface area contributed by atoms with Gasteiger partial charge in [0.2, 0.25) is 0 Å². The molecule has 0 aromatic heterocycles. The second-order valence-electron chi connectivity index (χ2n) is 2.15. The summed E-state index contributed by atoms with van der Waals surface area (Å²) >= 11 is 0. The van der Waals surface area contributed by atoms with Crippen molar-refractivity contribution in [2.24, 2.45) is 0 Å². The number of hydrogen-bond acceptors (Lipinski definition) is 5. The van der Waals surface area contributed by atoms with E-state index in [0.717, 1.165) is 6.08 Å². The van der Waals surface area contributed by atoms with Gasteiger partial charge in [0.05, 0.1) is 6.61 Å². The van der Waals surface area contributed by atoms with Gasteiger partial charge in [0.15, 0.2) is 0 Å². The highest BCUT2D eigenvalue weighted by Gasteiger charge is 2.16. The number of carbonyl (C=O) groups is 1. The summed E-state index contributed by atoms with van der Waals surface area (Å²) in [6.07, 6.45) is -1.61. The van der Waals surface area contributed by atoms with Crippen LogP contribution in [0.3, 0.4) is 0 Å². The number of hydrogen-bond donors (Lipinski definition) is 3. The molecule has 2 atom stereocenters. The van der Waals surface area contributed by atoms with E-state index in [1.807, 2.05) is 0 Å². The Bertz CT molecular complexity index is 156. The van der Waals surface area contributed by atoms with E-state index in [4.69, 9.17) is 15.3 Å². The van der Waals surface area contributed by atoms with Crippen molar-refractivity contribution in [1.82, 2.24) is 0 Å². The van der Waals surface area contributed by atoms with E-state index < -0.39 is 24.8 Å². The maximum atomic E-state index is 10.4. The minimum absolute atomic E-state index is 0.355. The van der Waals surface area contributed by atoms with Crippen LogP contribution in [0, 0.1) is 0 Å². The molecule has 5 nitrogen and oxygen atoms in total. The van der Waals surface area contributed by atoms with Gasteiger partial charge < -0.3 is 20.1 Å². The SMILES string of the molecule is C=CC(=O)OC[C@H](O)[C@H](O)CO. The first-order valence-corrected chi connectivity index (χ1v) is 3.38. The molecule has 0 aromatic rings. The zero-order valence-corrected chi connectivity index (χ0v) is 6.51. The maximum absolute atomic E-state index is 10.4. The molecular weight excluding hydrogens is 164 g/mol. The first kappa shape index (κ1) is 11.1. The zero-order valence-electron chi connectivity index (χ0n) is 6.51. The Kier molecular flexibility index (Phi) is 5.27. The van der Waals surface area contributed by atoms with Crippen LogP contribution in [0.4, 0.5) is 0 Å². The lowest BCUT2D eigenvalue weighted by Crippen LogP contribution is -2.33. The molecule has 0 aliphatic heterocycles. The van der Waals surface area contributed by atoms with Gasteiger partial charge in [0.25, 0.3) is 0 Å². The average molecular weight is 176 g/mol. The number of esters is 1.